The van der Waals surface area contributed by atoms with E-state index in [1.54, 1.807) is 19.2 Å². The quantitative estimate of drug-likeness (QED) is 0.863. The molecule has 2 aromatic rings. The molecule has 17 heavy (non-hydrogen) atoms. The first-order valence-corrected chi connectivity index (χ1v) is 5.24. The Morgan fingerprint density at radius 1 is 1.41 bits per heavy atom. The molecule has 0 aliphatic heterocycles. The van der Waals surface area contributed by atoms with Crippen LogP contribution in [-0.2, 0) is 13.2 Å². The summed E-state index contributed by atoms with van der Waals surface area (Å²) in [5, 5.41) is 6.52. The minimum absolute atomic E-state index is 0.239. The molecule has 0 radical (unpaired) electrons. The standard InChI is InChI=1S/C12H13FN2O2/c1-14-7-9-4-10(13)6-12(5-9)16-8-11-2-3-15-17-11/h2-6,14H,7-8H2,1H3. The van der Waals surface area contributed by atoms with Gasteiger partial charge in [0.05, 0.1) is 6.20 Å². The van der Waals surface area contributed by atoms with Crippen molar-refractivity contribution in [3.05, 3.63) is 47.6 Å². The van der Waals surface area contributed by atoms with Gasteiger partial charge in [0.25, 0.3) is 0 Å². The van der Waals surface area contributed by atoms with Crippen LogP contribution in [-0.4, -0.2) is 12.2 Å². The largest absolute Gasteiger partial charge is 0.485 e. The Hall–Kier alpha value is -1.88. The van der Waals surface area contributed by atoms with Crippen molar-refractivity contribution in [2.45, 2.75) is 13.2 Å². The summed E-state index contributed by atoms with van der Waals surface area (Å²) >= 11 is 0. The van der Waals surface area contributed by atoms with Crippen molar-refractivity contribution >= 4 is 0 Å². The van der Waals surface area contributed by atoms with Crippen LogP contribution in [0.1, 0.15) is 11.3 Å². The van der Waals surface area contributed by atoms with E-state index in [0.717, 1.165) is 5.56 Å². The van der Waals surface area contributed by atoms with Gasteiger partial charge in [-0.25, -0.2) is 4.39 Å². The molecule has 0 aliphatic rings. The smallest absolute Gasteiger partial charge is 0.174 e. The summed E-state index contributed by atoms with van der Waals surface area (Å²) in [6.45, 7) is 0.832. The monoisotopic (exact) mass is 236 g/mol. The van der Waals surface area contributed by atoms with Gasteiger partial charge in [-0.05, 0) is 24.7 Å². The minimum Gasteiger partial charge on any atom is -0.485 e. The highest BCUT2D eigenvalue weighted by atomic mass is 19.1. The second kappa shape index (κ2) is 5.45. The van der Waals surface area contributed by atoms with Gasteiger partial charge in [-0.2, -0.15) is 0 Å². The Kier molecular flexibility index (Phi) is 3.72. The second-order valence-electron chi connectivity index (χ2n) is 3.59. The van der Waals surface area contributed by atoms with Crippen molar-refractivity contribution in [1.82, 2.24) is 10.5 Å². The first-order chi connectivity index (χ1) is 8.28. The third-order valence-electron chi connectivity index (χ3n) is 2.18. The molecule has 1 aromatic carbocycles. The van der Waals surface area contributed by atoms with E-state index in [4.69, 9.17) is 9.26 Å². The zero-order valence-electron chi connectivity index (χ0n) is 9.44. The van der Waals surface area contributed by atoms with Crippen LogP contribution in [0, 0.1) is 5.82 Å². The molecular weight excluding hydrogens is 223 g/mol. The lowest BCUT2D eigenvalue weighted by molar-refractivity contribution is 0.248. The highest BCUT2D eigenvalue weighted by molar-refractivity contribution is 5.29. The van der Waals surface area contributed by atoms with Crippen LogP contribution < -0.4 is 10.1 Å². The lowest BCUT2D eigenvalue weighted by Crippen LogP contribution is -2.05. The van der Waals surface area contributed by atoms with E-state index in [9.17, 15) is 4.39 Å². The Morgan fingerprint density at radius 2 is 2.29 bits per heavy atom. The molecule has 4 nitrogen and oxygen atoms in total. The van der Waals surface area contributed by atoms with Gasteiger partial charge in [0, 0.05) is 18.7 Å². The van der Waals surface area contributed by atoms with Crippen LogP contribution in [0.25, 0.3) is 0 Å². The van der Waals surface area contributed by atoms with Crippen LogP contribution in [0.3, 0.4) is 0 Å². The molecular formula is C12H13FN2O2. The molecule has 0 atom stereocenters. The van der Waals surface area contributed by atoms with Crippen LogP contribution in [0.15, 0.2) is 35.0 Å². The van der Waals surface area contributed by atoms with E-state index in [-0.39, 0.29) is 12.4 Å². The highest BCUT2D eigenvalue weighted by Gasteiger charge is 2.03. The van der Waals surface area contributed by atoms with E-state index in [2.05, 4.69) is 10.5 Å². The van der Waals surface area contributed by atoms with Crippen molar-refractivity contribution in [2.24, 2.45) is 0 Å². The number of hydrogen-bond donors (Lipinski definition) is 1. The average Bonchev–Trinajstić information content (AvgIpc) is 2.79. The predicted octanol–water partition coefficient (Wildman–Crippen LogP) is 2.11. The van der Waals surface area contributed by atoms with Crippen LogP contribution >= 0.6 is 0 Å². The second-order valence-corrected chi connectivity index (χ2v) is 3.59. The van der Waals surface area contributed by atoms with Crippen molar-refractivity contribution in [1.29, 1.82) is 0 Å². The zero-order valence-corrected chi connectivity index (χ0v) is 9.44. The maximum Gasteiger partial charge on any atom is 0.174 e. The molecule has 0 unspecified atom stereocenters. The number of halogens is 1. The number of nitrogens with one attached hydrogen (secondary N) is 1. The number of hydrogen-bond acceptors (Lipinski definition) is 4. The van der Waals surface area contributed by atoms with Crippen LogP contribution in [0.2, 0.25) is 0 Å². The maximum absolute atomic E-state index is 13.3. The fourth-order valence-electron chi connectivity index (χ4n) is 1.48. The molecule has 0 aliphatic carbocycles. The van der Waals surface area contributed by atoms with Gasteiger partial charge in [0.2, 0.25) is 0 Å². The summed E-state index contributed by atoms with van der Waals surface area (Å²) in [6, 6.07) is 6.30. The molecule has 1 N–H and O–H groups in total. The van der Waals surface area contributed by atoms with E-state index in [1.807, 2.05) is 0 Å². The van der Waals surface area contributed by atoms with E-state index in [0.29, 0.717) is 18.1 Å². The predicted molar refractivity (Wildman–Crippen MR) is 60.0 cm³/mol. The van der Waals surface area contributed by atoms with Gasteiger partial charge >= 0.3 is 0 Å². The van der Waals surface area contributed by atoms with E-state index >= 15 is 0 Å². The third-order valence-corrected chi connectivity index (χ3v) is 2.18. The SMILES string of the molecule is CNCc1cc(F)cc(OCc2ccno2)c1. The number of rotatable bonds is 5. The molecule has 90 valence electrons. The molecule has 0 bridgehead atoms. The molecule has 0 fully saturated rings. The molecule has 1 aromatic heterocycles. The fraction of sp³-hybridized carbons (Fsp3) is 0.250. The maximum atomic E-state index is 13.3. The molecule has 0 spiro atoms. The summed E-state index contributed by atoms with van der Waals surface area (Å²) in [6.07, 6.45) is 1.54. The number of nitrogens with zero attached hydrogens (tertiary/aromatic N) is 1. The Labute approximate surface area is 98.4 Å². The molecule has 0 saturated heterocycles. The van der Waals surface area contributed by atoms with Gasteiger partial charge in [-0.1, -0.05) is 5.16 Å². The Balaban J connectivity index is 2.04. The van der Waals surface area contributed by atoms with Crippen molar-refractivity contribution < 1.29 is 13.7 Å². The van der Waals surface area contributed by atoms with Crippen LogP contribution in [0.4, 0.5) is 4.39 Å². The summed E-state index contributed by atoms with van der Waals surface area (Å²) in [4.78, 5) is 0. The summed E-state index contributed by atoms with van der Waals surface area (Å²) < 4.78 is 23.6. The lowest BCUT2D eigenvalue weighted by Gasteiger charge is -2.07. The third kappa shape index (κ3) is 3.29. The Bertz CT molecular complexity index is 471. The number of benzene rings is 1. The van der Waals surface area contributed by atoms with E-state index < -0.39 is 0 Å². The molecule has 0 saturated carbocycles. The lowest BCUT2D eigenvalue weighted by atomic mass is 10.2. The molecule has 5 heteroatoms. The van der Waals surface area contributed by atoms with Gasteiger partial charge in [-0.3, -0.25) is 0 Å². The normalized spacial score (nSPS) is 10.5. The summed E-state index contributed by atoms with van der Waals surface area (Å²) in [5.41, 5.74) is 0.833. The highest BCUT2D eigenvalue weighted by Crippen LogP contribution is 2.17. The number of ether oxygens (including phenoxy) is 1. The van der Waals surface area contributed by atoms with Crippen molar-refractivity contribution in [3.8, 4) is 5.75 Å². The van der Waals surface area contributed by atoms with Gasteiger partial charge in [-0.15, -0.1) is 0 Å². The van der Waals surface area contributed by atoms with E-state index in [1.165, 1.54) is 18.3 Å². The van der Waals surface area contributed by atoms with Crippen LogP contribution in [0.5, 0.6) is 5.75 Å². The van der Waals surface area contributed by atoms with Gasteiger partial charge in [0.15, 0.2) is 5.76 Å². The number of aromatic nitrogens is 1. The molecule has 1 heterocycles. The topological polar surface area (TPSA) is 47.3 Å². The first-order valence-electron chi connectivity index (χ1n) is 5.24. The minimum atomic E-state index is -0.315. The van der Waals surface area contributed by atoms with Gasteiger partial charge < -0.3 is 14.6 Å². The van der Waals surface area contributed by atoms with Crippen molar-refractivity contribution in [3.63, 3.8) is 0 Å². The Morgan fingerprint density at radius 3 is 3.00 bits per heavy atom. The summed E-state index contributed by atoms with van der Waals surface area (Å²) in [7, 11) is 1.81. The van der Waals surface area contributed by atoms with Gasteiger partial charge in [0.1, 0.15) is 18.2 Å². The average molecular weight is 236 g/mol. The zero-order chi connectivity index (χ0) is 12.1. The molecule has 0 amide bonds. The summed E-state index contributed by atoms with van der Waals surface area (Å²) in [5.74, 6) is 0.765. The fourth-order valence-corrected chi connectivity index (χ4v) is 1.48. The molecule has 2 rings (SSSR count). The van der Waals surface area contributed by atoms with Crippen molar-refractivity contribution in [2.75, 3.05) is 7.05 Å². The first kappa shape index (κ1) is 11.6.